The van der Waals surface area contributed by atoms with Crippen LogP contribution in [0.25, 0.3) is 11.3 Å². The predicted octanol–water partition coefficient (Wildman–Crippen LogP) is 3.96. The summed E-state index contributed by atoms with van der Waals surface area (Å²) in [5.74, 6) is 1.63. The van der Waals surface area contributed by atoms with Gasteiger partial charge in [-0.2, -0.15) is 0 Å². The third kappa shape index (κ3) is 4.91. The molecule has 3 heterocycles. The molecular formula is C20H22N6OS2. The van der Waals surface area contributed by atoms with Crippen LogP contribution in [0.4, 0.5) is 10.9 Å². The van der Waals surface area contributed by atoms with E-state index in [-0.39, 0.29) is 11.8 Å². The summed E-state index contributed by atoms with van der Waals surface area (Å²) in [5, 5.41) is 20.4. The zero-order chi connectivity index (χ0) is 20.1. The number of rotatable bonds is 6. The summed E-state index contributed by atoms with van der Waals surface area (Å²) in [6.07, 6.45) is 1.79. The Morgan fingerprint density at radius 2 is 2.03 bits per heavy atom. The van der Waals surface area contributed by atoms with Crippen LogP contribution in [0.3, 0.4) is 0 Å². The van der Waals surface area contributed by atoms with E-state index in [0.29, 0.717) is 11.7 Å². The molecular weight excluding hydrogens is 404 g/mol. The monoisotopic (exact) mass is 426 g/mol. The first-order chi connectivity index (χ1) is 14.2. The zero-order valence-corrected chi connectivity index (χ0v) is 17.7. The Bertz CT molecular complexity index is 947. The number of amides is 1. The first-order valence-corrected chi connectivity index (χ1v) is 11.4. The number of aromatic nitrogens is 4. The van der Waals surface area contributed by atoms with E-state index < -0.39 is 0 Å². The van der Waals surface area contributed by atoms with Crippen molar-refractivity contribution in [3.8, 4) is 11.3 Å². The van der Waals surface area contributed by atoms with Crippen molar-refractivity contribution in [2.75, 3.05) is 29.1 Å². The fraction of sp³-hybridized carbons (Fsp3) is 0.350. The van der Waals surface area contributed by atoms with Crippen LogP contribution in [0.1, 0.15) is 19.8 Å². The molecule has 1 aliphatic heterocycles. The molecule has 1 unspecified atom stereocenters. The van der Waals surface area contributed by atoms with Gasteiger partial charge in [-0.3, -0.25) is 4.79 Å². The van der Waals surface area contributed by atoms with E-state index in [1.165, 1.54) is 11.3 Å². The summed E-state index contributed by atoms with van der Waals surface area (Å²) in [6, 6.07) is 14.0. The van der Waals surface area contributed by atoms with Crippen molar-refractivity contribution >= 4 is 40.0 Å². The lowest BCUT2D eigenvalue weighted by Crippen LogP contribution is -2.41. The molecule has 1 saturated heterocycles. The van der Waals surface area contributed by atoms with Crippen LogP contribution in [0, 0.1) is 5.92 Å². The standard InChI is InChI=1S/C20H22N6OS2/c1-2-28-20-25-24-19(29-20)21-18(27)15-9-6-12-26(13-15)17-11-10-16(22-23-17)14-7-4-3-5-8-14/h3-5,7-8,10-11,15H,2,6,9,12-13H2,1H3,(H,21,24,27). The number of hydrogen-bond donors (Lipinski definition) is 1. The van der Waals surface area contributed by atoms with Gasteiger partial charge in [-0.1, -0.05) is 60.4 Å². The fourth-order valence-electron chi connectivity index (χ4n) is 3.31. The minimum Gasteiger partial charge on any atom is -0.354 e. The highest BCUT2D eigenvalue weighted by Crippen LogP contribution is 2.27. The van der Waals surface area contributed by atoms with Crippen molar-refractivity contribution in [2.45, 2.75) is 24.1 Å². The Kier molecular flexibility index (Phi) is 6.36. The lowest BCUT2D eigenvalue weighted by molar-refractivity contribution is -0.120. The van der Waals surface area contributed by atoms with Crippen LogP contribution in [-0.4, -0.2) is 45.1 Å². The van der Waals surface area contributed by atoms with Gasteiger partial charge in [-0.25, -0.2) is 0 Å². The number of nitrogens with one attached hydrogen (secondary N) is 1. The van der Waals surface area contributed by atoms with Crippen molar-refractivity contribution in [3.05, 3.63) is 42.5 Å². The minimum atomic E-state index is -0.106. The van der Waals surface area contributed by atoms with Crippen molar-refractivity contribution in [1.29, 1.82) is 0 Å². The number of hydrogen-bond acceptors (Lipinski definition) is 8. The average molecular weight is 427 g/mol. The van der Waals surface area contributed by atoms with Gasteiger partial charge in [0.2, 0.25) is 11.0 Å². The molecule has 0 saturated carbocycles. The van der Waals surface area contributed by atoms with Gasteiger partial charge in [0.1, 0.15) is 0 Å². The summed E-state index contributed by atoms with van der Waals surface area (Å²) >= 11 is 3.05. The van der Waals surface area contributed by atoms with Crippen molar-refractivity contribution in [3.63, 3.8) is 0 Å². The number of nitrogens with zero attached hydrogens (tertiary/aromatic N) is 5. The molecule has 0 bridgehead atoms. The second kappa shape index (κ2) is 9.32. The first kappa shape index (κ1) is 19.8. The van der Waals surface area contributed by atoms with Crippen LogP contribution in [-0.2, 0) is 4.79 Å². The predicted molar refractivity (Wildman–Crippen MR) is 117 cm³/mol. The molecule has 2 aromatic heterocycles. The molecule has 4 rings (SSSR count). The summed E-state index contributed by atoms with van der Waals surface area (Å²) in [4.78, 5) is 14.8. The number of benzene rings is 1. The van der Waals surface area contributed by atoms with Gasteiger partial charge in [0.15, 0.2) is 10.2 Å². The highest BCUT2D eigenvalue weighted by Gasteiger charge is 2.27. The highest BCUT2D eigenvalue weighted by atomic mass is 32.2. The van der Waals surface area contributed by atoms with Crippen LogP contribution in [0.2, 0.25) is 0 Å². The van der Waals surface area contributed by atoms with E-state index in [9.17, 15) is 4.79 Å². The van der Waals surface area contributed by atoms with E-state index in [2.05, 4.69) is 37.5 Å². The number of thioether (sulfide) groups is 1. The maximum Gasteiger partial charge on any atom is 0.231 e. The molecule has 3 aromatic rings. The smallest absolute Gasteiger partial charge is 0.231 e. The van der Waals surface area contributed by atoms with E-state index >= 15 is 0 Å². The fourth-order valence-corrected chi connectivity index (χ4v) is 4.96. The molecule has 1 N–H and O–H groups in total. The van der Waals surface area contributed by atoms with Gasteiger partial charge in [-0.15, -0.1) is 20.4 Å². The van der Waals surface area contributed by atoms with Gasteiger partial charge in [-0.05, 0) is 30.7 Å². The highest BCUT2D eigenvalue weighted by molar-refractivity contribution is 8.01. The minimum absolute atomic E-state index is 0.00670. The number of anilines is 2. The molecule has 29 heavy (non-hydrogen) atoms. The first-order valence-electron chi connectivity index (χ1n) is 9.64. The third-order valence-corrected chi connectivity index (χ3v) is 6.59. The van der Waals surface area contributed by atoms with Crippen LogP contribution >= 0.6 is 23.1 Å². The second-order valence-electron chi connectivity index (χ2n) is 6.72. The molecule has 7 nitrogen and oxygen atoms in total. The molecule has 1 aromatic carbocycles. The van der Waals surface area contributed by atoms with Crippen LogP contribution in [0.5, 0.6) is 0 Å². The average Bonchev–Trinajstić information content (AvgIpc) is 3.22. The summed E-state index contributed by atoms with van der Waals surface area (Å²) in [6.45, 7) is 3.57. The summed E-state index contributed by atoms with van der Waals surface area (Å²) in [5.41, 5.74) is 1.89. The maximum atomic E-state index is 12.7. The Morgan fingerprint density at radius 1 is 1.17 bits per heavy atom. The van der Waals surface area contributed by atoms with Crippen LogP contribution < -0.4 is 10.2 Å². The Hall–Kier alpha value is -2.52. The molecule has 150 valence electrons. The third-order valence-electron chi connectivity index (χ3n) is 4.74. The zero-order valence-electron chi connectivity index (χ0n) is 16.1. The Labute approximate surface area is 178 Å². The van der Waals surface area contributed by atoms with Gasteiger partial charge < -0.3 is 10.2 Å². The van der Waals surface area contributed by atoms with Crippen molar-refractivity contribution in [2.24, 2.45) is 5.92 Å². The Balaban J connectivity index is 1.39. The van der Waals surface area contributed by atoms with Gasteiger partial charge in [0.25, 0.3) is 0 Å². The largest absolute Gasteiger partial charge is 0.354 e. The van der Waals surface area contributed by atoms with E-state index in [4.69, 9.17) is 0 Å². The SMILES string of the molecule is CCSc1nnc(NC(=O)C2CCCN(c3ccc(-c4ccccc4)nn3)C2)s1. The molecule has 1 amide bonds. The van der Waals surface area contributed by atoms with E-state index in [0.717, 1.165) is 46.6 Å². The normalized spacial score (nSPS) is 16.6. The van der Waals surface area contributed by atoms with Crippen molar-refractivity contribution in [1.82, 2.24) is 20.4 Å². The van der Waals surface area contributed by atoms with E-state index in [1.807, 2.05) is 42.5 Å². The van der Waals surface area contributed by atoms with Crippen LogP contribution in [0.15, 0.2) is 46.8 Å². The maximum absolute atomic E-state index is 12.7. The Morgan fingerprint density at radius 3 is 2.79 bits per heavy atom. The molecule has 0 spiro atoms. The number of carbonyl (C=O) groups is 1. The molecule has 0 radical (unpaired) electrons. The molecule has 1 fully saturated rings. The molecule has 1 atom stereocenters. The second-order valence-corrected chi connectivity index (χ2v) is 9.21. The summed E-state index contributed by atoms with van der Waals surface area (Å²) < 4.78 is 0.877. The van der Waals surface area contributed by atoms with Crippen molar-refractivity contribution < 1.29 is 4.79 Å². The summed E-state index contributed by atoms with van der Waals surface area (Å²) in [7, 11) is 0. The quantitative estimate of drug-likeness (QED) is 0.472. The molecule has 0 aliphatic carbocycles. The van der Waals surface area contributed by atoms with Gasteiger partial charge >= 0.3 is 0 Å². The number of carbonyl (C=O) groups excluding carboxylic acids is 1. The lowest BCUT2D eigenvalue weighted by Gasteiger charge is -2.32. The van der Waals surface area contributed by atoms with Gasteiger partial charge in [0.05, 0.1) is 11.6 Å². The lowest BCUT2D eigenvalue weighted by atomic mass is 9.97. The molecule has 1 aliphatic rings. The molecule has 9 heteroatoms. The van der Waals surface area contributed by atoms with Gasteiger partial charge in [0, 0.05) is 18.7 Å². The van der Waals surface area contributed by atoms with E-state index in [1.54, 1.807) is 11.8 Å². The topological polar surface area (TPSA) is 83.9 Å². The number of piperidine rings is 1.